The lowest BCUT2D eigenvalue weighted by Crippen LogP contribution is -2.23. The van der Waals surface area contributed by atoms with Crippen molar-refractivity contribution in [3.05, 3.63) is 179 Å². The van der Waals surface area contributed by atoms with Crippen LogP contribution < -0.4 is 32.0 Å². The fourth-order valence-corrected chi connectivity index (χ4v) is 10.6. The molecule has 0 aliphatic heterocycles. The van der Waals surface area contributed by atoms with Gasteiger partial charge in [0.2, 0.25) is 4.52 Å². The van der Waals surface area contributed by atoms with Gasteiger partial charge in [0, 0.05) is 0 Å². The second kappa shape index (κ2) is 17.7. The van der Waals surface area contributed by atoms with Gasteiger partial charge in [-0.05, 0) is 153 Å². The summed E-state index contributed by atoms with van der Waals surface area (Å²) in [6, 6.07) is 46.6. The molecule has 0 atom stereocenters. The molecule has 0 amide bonds. The summed E-state index contributed by atoms with van der Waals surface area (Å²) in [6.07, 6.45) is 0. The Kier molecular flexibility index (Phi) is 12.6. The normalized spacial score (nSPS) is 11.1. The Balaban J connectivity index is 1.54. The van der Waals surface area contributed by atoms with E-state index in [1.54, 1.807) is 0 Å². The zero-order chi connectivity index (χ0) is 37.2. The molecule has 8 nitrogen and oxygen atoms in total. The van der Waals surface area contributed by atoms with E-state index in [9.17, 15) is 0 Å². The van der Waals surface area contributed by atoms with Gasteiger partial charge in [0.05, 0.1) is 0 Å². The van der Waals surface area contributed by atoms with Gasteiger partial charge < -0.3 is 9.05 Å². The van der Waals surface area contributed by atoms with E-state index < -0.39 is 24.7 Å². The molecular weight excluding hydrogens is 721 g/mol. The van der Waals surface area contributed by atoms with Gasteiger partial charge in [-0.1, -0.05) is 72.8 Å². The van der Waals surface area contributed by atoms with E-state index in [4.69, 9.17) is 31.7 Å². The fraction of sp³-hybridized carbons (Fsp3) is 0.143. The molecule has 6 rings (SSSR count). The number of aryl methyl sites for hydroxylation is 6. The van der Waals surface area contributed by atoms with Crippen LogP contribution >= 0.6 is 24.7 Å². The zero-order valence-corrected chi connectivity index (χ0v) is 33.3. The Morgan fingerprint density at radius 2 is 0.736 bits per heavy atom. The van der Waals surface area contributed by atoms with Gasteiger partial charge in [-0.2, -0.15) is 0 Å². The first-order valence-electron chi connectivity index (χ1n) is 17.1. The molecule has 6 aromatic carbocycles. The van der Waals surface area contributed by atoms with E-state index in [1.165, 1.54) is 0 Å². The van der Waals surface area contributed by atoms with Crippen LogP contribution in [-0.4, -0.2) is 0 Å². The summed E-state index contributed by atoms with van der Waals surface area (Å²) in [5.74, 6) is 3.45. The van der Waals surface area contributed by atoms with Crippen LogP contribution in [0.25, 0.3) is 0 Å². The van der Waals surface area contributed by atoms with Gasteiger partial charge >= 0.3 is 24.7 Å². The smallest absolute Gasteiger partial charge is 0.425 e. The van der Waals surface area contributed by atoms with Crippen LogP contribution in [0.4, 0.5) is 0 Å². The minimum Gasteiger partial charge on any atom is -0.425 e. The molecule has 0 aromatic heterocycles. The topological polar surface area (TPSA) is 79.8 Å². The van der Waals surface area contributed by atoms with E-state index >= 15 is 0 Å². The van der Waals surface area contributed by atoms with Gasteiger partial charge in [-0.3, -0.25) is 9.05 Å². The second-order valence-electron chi connectivity index (χ2n) is 12.7. The van der Waals surface area contributed by atoms with E-state index in [0.717, 1.165) is 33.4 Å². The minimum absolute atomic E-state index is 0.532. The molecule has 0 aliphatic carbocycles. The number of nitrogens with zero attached hydrogens (tertiary/aromatic N) is 1. The van der Waals surface area contributed by atoms with E-state index in [2.05, 4.69) is 4.86 Å². The summed E-state index contributed by atoms with van der Waals surface area (Å²) < 4.78 is 45.7. The van der Waals surface area contributed by atoms with Crippen molar-refractivity contribution >= 4 is 24.7 Å². The molecule has 0 spiro atoms. The Morgan fingerprint density at radius 1 is 0.434 bits per heavy atom. The van der Waals surface area contributed by atoms with Gasteiger partial charge in [-0.25, -0.2) is 9.05 Å². The van der Waals surface area contributed by atoms with Crippen LogP contribution in [0.15, 0.2) is 150 Å². The molecule has 53 heavy (non-hydrogen) atoms. The highest BCUT2D eigenvalue weighted by molar-refractivity contribution is 7.75. The van der Waals surface area contributed by atoms with Crippen molar-refractivity contribution in [2.24, 2.45) is 4.52 Å². The Hall–Kier alpha value is -4.96. The summed E-state index contributed by atoms with van der Waals surface area (Å²) >= 11 is 0. The molecule has 0 heterocycles. The van der Waals surface area contributed by atoms with E-state index in [-0.39, 0.29) is 0 Å². The number of nitrogens with one attached hydrogen (secondary N) is 1. The summed E-state index contributed by atoms with van der Waals surface area (Å²) in [5, 5.41) is 0. The lowest BCUT2D eigenvalue weighted by molar-refractivity contribution is 0.438. The first-order valence-corrected chi connectivity index (χ1v) is 21.0. The number of hydrogen-bond acceptors (Lipinski definition) is 8. The quantitative estimate of drug-likeness (QED) is 0.104. The average molecular weight is 765 g/mol. The predicted octanol–water partition coefficient (Wildman–Crippen LogP) is 13.3. The fourth-order valence-electron chi connectivity index (χ4n) is 5.12. The predicted molar refractivity (Wildman–Crippen MR) is 217 cm³/mol. The molecule has 0 aliphatic rings. The summed E-state index contributed by atoms with van der Waals surface area (Å²) in [5.41, 5.74) is 6.13. The average Bonchev–Trinajstić information content (AvgIpc) is 3.08. The largest absolute Gasteiger partial charge is 0.715 e. The monoisotopic (exact) mass is 764 g/mol. The highest BCUT2D eigenvalue weighted by Gasteiger charge is 2.60. The molecule has 0 unspecified atom stereocenters. The summed E-state index contributed by atoms with van der Waals surface area (Å²) in [6.45, 7) is 12.0. The maximum absolute atomic E-state index is 6.96. The van der Waals surface area contributed by atoms with Crippen LogP contribution in [-0.2, 0) is 0 Å². The van der Waals surface area contributed by atoms with Crippen LogP contribution in [0.2, 0.25) is 0 Å². The number of hydrogen-bond donors (Lipinski definition) is 1. The lowest BCUT2D eigenvalue weighted by Gasteiger charge is -2.22. The molecule has 0 bridgehead atoms. The molecule has 1 N–H and O–H groups in total. The SMILES string of the molecule is Cc1cccc(OP(N[P+](N=[P+](Oc2cccc(C)c2)Oc2cccc(C)c2)(Oc2cccc(C)c2)Oc2cccc(C)c2)Oc2cccc(C)c2)c1. The van der Waals surface area contributed by atoms with Crippen LogP contribution in [0.5, 0.6) is 34.5 Å². The van der Waals surface area contributed by atoms with Gasteiger partial charge in [-0.15, -0.1) is 0 Å². The minimum atomic E-state index is -3.75. The van der Waals surface area contributed by atoms with Crippen molar-refractivity contribution in [1.82, 2.24) is 4.86 Å². The molecular formula is C42H43N2O6P3+2. The van der Waals surface area contributed by atoms with Crippen molar-refractivity contribution in [3.8, 4) is 34.5 Å². The molecule has 0 radical (unpaired) electrons. The van der Waals surface area contributed by atoms with Crippen LogP contribution in [0.3, 0.4) is 0 Å². The van der Waals surface area contributed by atoms with E-state index in [1.807, 2.05) is 187 Å². The standard InChI is InChI=1S/C42H43N2O6P3/c1-31-13-7-19-37(25-31)45-51(46-38-20-8-14-32(2)26-38)43-53(49-41-23-11-17-35(5)29-41,50-42-24-12-18-36(6)30-42)44-52(47-39-21-9-15-33(3)27-39)48-40-22-10-16-34(4)28-40/h7-30,43H,1-6H3/q+2. The third-order valence-corrected chi connectivity index (χ3v) is 13.1. The van der Waals surface area contributed by atoms with Crippen molar-refractivity contribution < 1.29 is 27.1 Å². The molecule has 0 fully saturated rings. The maximum Gasteiger partial charge on any atom is 0.715 e. The summed E-state index contributed by atoms with van der Waals surface area (Å²) in [7, 11) is -7.92. The molecule has 11 heteroatoms. The Morgan fingerprint density at radius 3 is 1.09 bits per heavy atom. The Bertz CT molecular complexity index is 2050. The lowest BCUT2D eigenvalue weighted by atomic mass is 10.2. The van der Waals surface area contributed by atoms with Crippen molar-refractivity contribution in [1.29, 1.82) is 0 Å². The first-order chi connectivity index (χ1) is 25.6. The highest BCUT2D eigenvalue weighted by atomic mass is 31.3. The second-order valence-corrected chi connectivity index (χ2v) is 17.3. The van der Waals surface area contributed by atoms with Gasteiger partial charge in [0.15, 0.2) is 23.0 Å². The number of rotatable bonds is 15. The molecule has 0 saturated heterocycles. The van der Waals surface area contributed by atoms with Crippen molar-refractivity contribution in [2.75, 3.05) is 0 Å². The maximum atomic E-state index is 6.96. The molecule has 270 valence electrons. The zero-order valence-electron chi connectivity index (χ0n) is 30.6. The van der Waals surface area contributed by atoms with Crippen LogP contribution in [0, 0.1) is 41.5 Å². The van der Waals surface area contributed by atoms with Gasteiger partial charge in [0.1, 0.15) is 11.5 Å². The Labute approximate surface area is 315 Å². The highest BCUT2D eigenvalue weighted by Crippen LogP contribution is 2.66. The number of benzene rings is 6. The third kappa shape index (κ3) is 11.5. The van der Waals surface area contributed by atoms with Crippen LogP contribution in [0.1, 0.15) is 33.4 Å². The van der Waals surface area contributed by atoms with Gasteiger partial charge in [0.25, 0.3) is 0 Å². The molecule has 0 saturated carbocycles. The van der Waals surface area contributed by atoms with Crippen molar-refractivity contribution in [2.45, 2.75) is 41.5 Å². The van der Waals surface area contributed by atoms with E-state index in [0.29, 0.717) is 34.5 Å². The van der Waals surface area contributed by atoms with Crippen molar-refractivity contribution in [3.63, 3.8) is 0 Å². The third-order valence-electron chi connectivity index (χ3n) is 7.54. The summed E-state index contributed by atoms with van der Waals surface area (Å²) in [4.78, 5) is 3.54. The first kappa shape index (κ1) is 37.8. The molecule has 6 aromatic rings.